The van der Waals surface area contributed by atoms with Gasteiger partial charge in [-0.15, -0.1) is 0 Å². The summed E-state index contributed by atoms with van der Waals surface area (Å²) in [4.78, 5) is 18.4. The van der Waals surface area contributed by atoms with E-state index in [0.717, 1.165) is 46.7 Å². The highest BCUT2D eigenvalue weighted by Crippen LogP contribution is 2.51. The first-order chi connectivity index (χ1) is 19.0. The van der Waals surface area contributed by atoms with Crippen LogP contribution in [-0.4, -0.2) is 49.5 Å². The topological polar surface area (TPSA) is 54.5 Å². The fourth-order valence-corrected chi connectivity index (χ4v) is 6.05. The van der Waals surface area contributed by atoms with E-state index in [1.54, 1.807) is 12.1 Å². The Morgan fingerprint density at radius 2 is 1.77 bits per heavy atom. The van der Waals surface area contributed by atoms with Crippen molar-refractivity contribution in [3.8, 4) is 17.0 Å². The second kappa shape index (κ2) is 12.1. The lowest BCUT2D eigenvalue weighted by Gasteiger charge is -2.59. The fraction of sp³-hybridized carbons (Fsp3) is 0.333. The van der Waals surface area contributed by atoms with Crippen molar-refractivity contribution in [1.29, 1.82) is 0 Å². The maximum atomic E-state index is 12.8. The molecule has 0 unspecified atom stereocenters. The first kappa shape index (κ1) is 27.0. The van der Waals surface area contributed by atoms with Crippen LogP contribution in [0.5, 0.6) is 5.75 Å². The Hall–Kier alpha value is -3.61. The van der Waals surface area contributed by atoms with E-state index in [1.165, 1.54) is 38.0 Å². The molecule has 1 saturated carbocycles. The molecule has 6 rings (SSSR count). The molecule has 1 aromatic heterocycles. The van der Waals surface area contributed by atoms with Gasteiger partial charge in [-0.2, -0.15) is 0 Å². The zero-order valence-corrected chi connectivity index (χ0v) is 22.7. The number of aromatic nitrogens is 1. The lowest BCUT2D eigenvalue weighted by molar-refractivity contribution is -0.0968. The number of rotatable bonds is 8. The van der Waals surface area contributed by atoms with E-state index in [0.29, 0.717) is 17.6 Å². The minimum absolute atomic E-state index is 0.146. The largest absolute Gasteiger partial charge is 0.494 e. The van der Waals surface area contributed by atoms with Gasteiger partial charge in [0.15, 0.2) is 6.29 Å². The number of nitrogens with one attached hydrogen (secondary N) is 1. The molecular formula is C33H36FN3O2. The van der Waals surface area contributed by atoms with Crippen molar-refractivity contribution in [3.05, 3.63) is 95.8 Å². The average Bonchev–Trinajstić information content (AvgIpc) is 2.92. The molecule has 0 bridgehead atoms. The molecule has 2 heterocycles. The molecule has 2 aliphatic rings. The monoisotopic (exact) mass is 525 g/mol. The molecule has 39 heavy (non-hydrogen) atoms. The Labute approximate surface area is 230 Å². The zero-order chi connectivity index (χ0) is 27.2. The molecule has 0 radical (unpaired) electrons. The standard InChI is InChI=1S/C18H15NO2.C15H21FN2/c1-2-21-15-9-7-13(8-10-15)18-11-14(12-20)16-5-3-4-6-17(16)19-18;1-17-8-13-6-15(7-13)10-18(11-15)9-12-2-4-14(16)5-3-12/h3-12H,2H2,1H3;2-5,13,17H,6-11H2,1H3. The van der Waals surface area contributed by atoms with Crippen molar-refractivity contribution < 1.29 is 13.9 Å². The van der Waals surface area contributed by atoms with Gasteiger partial charge in [0.25, 0.3) is 0 Å². The van der Waals surface area contributed by atoms with Crippen LogP contribution in [0.4, 0.5) is 4.39 Å². The van der Waals surface area contributed by atoms with Gasteiger partial charge in [-0.1, -0.05) is 30.3 Å². The maximum absolute atomic E-state index is 12.8. The quantitative estimate of drug-likeness (QED) is 0.271. The lowest BCUT2D eigenvalue weighted by atomic mass is 9.57. The summed E-state index contributed by atoms with van der Waals surface area (Å²) in [5.74, 6) is 1.58. The molecule has 6 heteroatoms. The third-order valence-electron chi connectivity index (χ3n) is 7.71. The molecular weight excluding hydrogens is 489 g/mol. The third kappa shape index (κ3) is 6.35. The van der Waals surface area contributed by atoms with Gasteiger partial charge in [-0.05, 0) is 98.8 Å². The van der Waals surface area contributed by atoms with E-state index in [4.69, 9.17) is 4.74 Å². The molecule has 2 fully saturated rings. The summed E-state index contributed by atoms with van der Waals surface area (Å²) in [6.07, 6.45) is 3.64. The van der Waals surface area contributed by atoms with Gasteiger partial charge in [0.05, 0.1) is 17.8 Å². The van der Waals surface area contributed by atoms with Gasteiger partial charge < -0.3 is 10.1 Å². The number of benzene rings is 3. The van der Waals surface area contributed by atoms with Crippen LogP contribution in [0.2, 0.25) is 0 Å². The second-order valence-electron chi connectivity index (χ2n) is 10.8. The number of fused-ring (bicyclic) bond motifs is 1. The molecule has 0 atom stereocenters. The number of carbonyl (C=O) groups excluding carboxylic acids is 1. The van der Waals surface area contributed by atoms with Gasteiger partial charge in [-0.25, -0.2) is 9.37 Å². The predicted octanol–water partition coefficient (Wildman–Crippen LogP) is 6.37. The minimum Gasteiger partial charge on any atom is -0.494 e. The van der Waals surface area contributed by atoms with Crippen molar-refractivity contribution in [2.24, 2.45) is 11.3 Å². The van der Waals surface area contributed by atoms with Crippen LogP contribution in [0.25, 0.3) is 22.2 Å². The highest BCUT2D eigenvalue weighted by atomic mass is 19.1. The van der Waals surface area contributed by atoms with Gasteiger partial charge in [0.2, 0.25) is 0 Å². The SMILES string of the molecule is CCOc1ccc(-c2cc(C=O)c3ccccc3n2)cc1.CNCC1CC2(C1)CN(Cc1ccc(F)cc1)C2. The summed E-state index contributed by atoms with van der Waals surface area (Å²) in [5, 5.41) is 4.14. The number of ether oxygens (including phenoxy) is 1. The molecule has 1 N–H and O–H groups in total. The van der Waals surface area contributed by atoms with E-state index < -0.39 is 0 Å². The number of hydrogen-bond donors (Lipinski definition) is 1. The molecule has 1 aliphatic carbocycles. The van der Waals surface area contributed by atoms with Crippen molar-refractivity contribution in [2.75, 3.05) is 33.3 Å². The van der Waals surface area contributed by atoms with E-state index in [-0.39, 0.29) is 5.82 Å². The summed E-state index contributed by atoms with van der Waals surface area (Å²) < 4.78 is 18.2. The van der Waals surface area contributed by atoms with Gasteiger partial charge in [0, 0.05) is 36.1 Å². The van der Waals surface area contributed by atoms with Crippen LogP contribution in [-0.2, 0) is 6.54 Å². The van der Waals surface area contributed by atoms with Gasteiger partial charge in [0.1, 0.15) is 11.6 Å². The summed E-state index contributed by atoms with van der Waals surface area (Å²) in [6.45, 7) is 7.19. The van der Waals surface area contributed by atoms with E-state index in [2.05, 4.69) is 15.2 Å². The molecule has 3 aromatic carbocycles. The molecule has 1 aliphatic heterocycles. The van der Waals surface area contributed by atoms with Crippen molar-refractivity contribution >= 4 is 17.2 Å². The number of para-hydroxylation sites is 1. The first-order valence-electron chi connectivity index (χ1n) is 13.7. The summed E-state index contributed by atoms with van der Waals surface area (Å²) >= 11 is 0. The highest BCUT2D eigenvalue weighted by molar-refractivity contribution is 5.98. The van der Waals surface area contributed by atoms with E-state index >= 15 is 0 Å². The Bertz CT molecular complexity index is 1390. The molecule has 5 nitrogen and oxygen atoms in total. The maximum Gasteiger partial charge on any atom is 0.150 e. The minimum atomic E-state index is -0.146. The van der Waals surface area contributed by atoms with Gasteiger partial charge in [-0.3, -0.25) is 9.69 Å². The van der Waals surface area contributed by atoms with Gasteiger partial charge >= 0.3 is 0 Å². The fourth-order valence-electron chi connectivity index (χ4n) is 6.05. The van der Waals surface area contributed by atoms with Crippen LogP contribution in [0.1, 0.15) is 35.7 Å². The van der Waals surface area contributed by atoms with Crippen LogP contribution in [0.3, 0.4) is 0 Å². The van der Waals surface area contributed by atoms with Crippen LogP contribution >= 0.6 is 0 Å². The smallest absolute Gasteiger partial charge is 0.150 e. The van der Waals surface area contributed by atoms with Crippen molar-refractivity contribution in [2.45, 2.75) is 26.3 Å². The van der Waals surface area contributed by atoms with Crippen molar-refractivity contribution in [1.82, 2.24) is 15.2 Å². The van der Waals surface area contributed by atoms with Crippen LogP contribution in [0.15, 0.2) is 78.9 Å². The second-order valence-corrected chi connectivity index (χ2v) is 10.8. The number of likely N-dealkylation sites (tertiary alicyclic amines) is 1. The number of carbonyl (C=O) groups is 1. The molecule has 202 valence electrons. The number of pyridine rings is 1. The summed E-state index contributed by atoms with van der Waals surface area (Å²) in [6, 6.07) is 24.1. The highest BCUT2D eigenvalue weighted by Gasteiger charge is 2.51. The number of nitrogens with zero attached hydrogens (tertiary/aromatic N) is 2. The Morgan fingerprint density at radius 1 is 1.05 bits per heavy atom. The molecule has 1 spiro atoms. The van der Waals surface area contributed by atoms with Crippen molar-refractivity contribution in [3.63, 3.8) is 0 Å². The Morgan fingerprint density at radius 3 is 2.44 bits per heavy atom. The van der Waals surface area contributed by atoms with Crippen LogP contribution < -0.4 is 10.1 Å². The molecule has 4 aromatic rings. The van der Waals surface area contributed by atoms with E-state index in [9.17, 15) is 9.18 Å². The third-order valence-corrected chi connectivity index (χ3v) is 7.71. The number of halogens is 1. The molecule has 1 saturated heterocycles. The summed E-state index contributed by atoms with van der Waals surface area (Å²) in [5.41, 5.74) is 5.08. The van der Waals surface area contributed by atoms with Crippen LogP contribution in [0, 0.1) is 17.2 Å². The number of hydrogen-bond acceptors (Lipinski definition) is 5. The number of aldehydes is 1. The summed E-state index contributed by atoms with van der Waals surface area (Å²) in [7, 11) is 2.03. The Kier molecular flexibility index (Phi) is 8.34. The van der Waals surface area contributed by atoms with E-state index in [1.807, 2.05) is 80.7 Å². The average molecular weight is 526 g/mol. The zero-order valence-electron chi connectivity index (χ0n) is 22.7. The Balaban J connectivity index is 0.000000160. The molecule has 0 amide bonds. The lowest BCUT2D eigenvalue weighted by Crippen LogP contribution is -2.62. The predicted molar refractivity (Wildman–Crippen MR) is 154 cm³/mol. The first-order valence-corrected chi connectivity index (χ1v) is 13.7. The normalized spacial score (nSPS) is 16.2.